The van der Waals surface area contributed by atoms with Crippen LogP contribution >= 0.6 is 0 Å². The van der Waals surface area contributed by atoms with Crippen LogP contribution in [0.3, 0.4) is 0 Å². The molecule has 2 amide bonds. The van der Waals surface area contributed by atoms with E-state index >= 15 is 0 Å². The number of nitrogens with zero attached hydrogens (tertiary/aromatic N) is 1. The van der Waals surface area contributed by atoms with Gasteiger partial charge in [0.1, 0.15) is 11.6 Å². The topological polar surface area (TPSA) is 158 Å². The third kappa shape index (κ3) is 6.24. The second-order valence-electron chi connectivity index (χ2n) is 10.1. The van der Waals surface area contributed by atoms with E-state index in [1.54, 1.807) is 45.0 Å². The molecule has 0 unspecified atom stereocenters. The Morgan fingerprint density at radius 2 is 1.58 bits per heavy atom. The van der Waals surface area contributed by atoms with Gasteiger partial charge in [-0.15, -0.1) is 0 Å². The first-order chi connectivity index (χ1) is 16.6. The molecular weight excluding hydrogens is 468 g/mol. The molecule has 0 aromatic heterocycles. The van der Waals surface area contributed by atoms with Crippen LogP contribution in [0, 0.1) is 5.41 Å². The van der Waals surface area contributed by atoms with Crippen LogP contribution in [-0.4, -0.2) is 69.1 Å². The van der Waals surface area contributed by atoms with Crippen LogP contribution in [0.2, 0.25) is 0 Å². The van der Waals surface area contributed by atoms with Gasteiger partial charge in [-0.1, -0.05) is 45.0 Å². The Morgan fingerprint density at radius 1 is 1.00 bits per heavy atom. The summed E-state index contributed by atoms with van der Waals surface area (Å²) in [6.45, 7) is 6.17. The van der Waals surface area contributed by atoms with Crippen molar-refractivity contribution >= 4 is 35.3 Å². The van der Waals surface area contributed by atoms with Crippen LogP contribution in [0.25, 0.3) is 0 Å². The van der Waals surface area contributed by atoms with E-state index in [9.17, 15) is 33.9 Å². The van der Waals surface area contributed by atoms with Gasteiger partial charge in [0.25, 0.3) is 0 Å². The minimum Gasteiger partial charge on any atom is -0.481 e. The average molecular weight is 501 g/mol. The molecule has 194 valence electrons. The van der Waals surface area contributed by atoms with Crippen LogP contribution in [0.5, 0.6) is 0 Å². The quantitative estimate of drug-likeness (QED) is 0.442. The number of allylic oxidation sites excluding steroid dienone is 2. The van der Waals surface area contributed by atoms with E-state index in [2.05, 4.69) is 5.32 Å². The summed E-state index contributed by atoms with van der Waals surface area (Å²) in [7, 11) is 1.24. The number of carboxylic acids is 2. The Labute approximate surface area is 209 Å². The van der Waals surface area contributed by atoms with Crippen LogP contribution in [0.4, 0.5) is 0 Å². The van der Waals surface area contributed by atoms with Gasteiger partial charge in [0.15, 0.2) is 11.6 Å². The number of fused-ring (bicyclic) bond motifs is 1. The summed E-state index contributed by atoms with van der Waals surface area (Å²) in [6.07, 6.45) is 0.284. The van der Waals surface area contributed by atoms with Crippen molar-refractivity contribution < 1.29 is 39.0 Å². The number of Topliss-reactive ketones (excluding diaryl/α,β-unsaturated/α-hetero) is 1. The summed E-state index contributed by atoms with van der Waals surface area (Å²) in [5, 5.41) is 21.4. The second-order valence-corrected chi connectivity index (χ2v) is 10.1. The monoisotopic (exact) mass is 500 g/mol. The number of carbonyl (C=O) groups is 6. The van der Waals surface area contributed by atoms with Gasteiger partial charge in [0.05, 0.1) is 0 Å². The van der Waals surface area contributed by atoms with E-state index in [1.807, 2.05) is 0 Å². The van der Waals surface area contributed by atoms with Crippen molar-refractivity contribution in [3.8, 4) is 0 Å². The molecule has 1 aromatic carbocycles. The standard InChI is InChI=1S/C26H32N2O8/c1-25(2,3)23(34)27-18(22(33)28(5)26(4,24(35)36)13-12-20(30)31)11-10-15-14-19(29)16-8-6-7-9-17(16)21(15)32/h6-9,14,18H,10-13H2,1-5H3,(H,27,34)(H,30,31)(H,35,36)/t18-,26-/m0/s1. The summed E-state index contributed by atoms with van der Waals surface area (Å²) in [4.78, 5) is 75.6. The fourth-order valence-corrected chi connectivity index (χ4v) is 3.73. The highest BCUT2D eigenvalue weighted by Gasteiger charge is 2.43. The molecule has 0 heterocycles. The van der Waals surface area contributed by atoms with Crippen LogP contribution < -0.4 is 5.32 Å². The number of rotatable bonds is 10. The number of hydrogen-bond acceptors (Lipinski definition) is 6. The van der Waals surface area contributed by atoms with E-state index in [1.165, 1.54) is 20.0 Å². The van der Waals surface area contributed by atoms with E-state index in [4.69, 9.17) is 5.11 Å². The maximum atomic E-state index is 13.4. The van der Waals surface area contributed by atoms with Crippen molar-refractivity contribution in [3.05, 3.63) is 47.0 Å². The summed E-state index contributed by atoms with van der Waals surface area (Å²) < 4.78 is 0. The molecule has 0 radical (unpaired) electrons. The summed E-state index contributed by atoms with van der Waals surface area (Å²) in [5.74, 6) is -4.53. The zero-order chi connectivity index (χ0) is 27.4. The number of carboxylic acid groups (broad SMARTS) is 2. The van der Waals surface area contributed by atoms with Gasteiger partial charge in [-0.2, -0.15) is 0 Å². The van der Waals surface area contributed by atoms with Crippen molar-refractivity contribution in [1.29, 1.82) is 0 Å². The van der Waals surface area contributed by atoms with Crippen LogP contribution in [0.1, 0.15) is 74.1 Å². The molecule has 0 saturated carbocycles. The first-order valence-corrected chi connectivity index (χ1v) is 11.5. The number of ketones is 2. The van der Waals surface area contributed by atoms with Gasteiger partial charge in [-0.05, 0) is 32.3 Å². The fraction of sp³-hybridized carbons (Fsp3) is 0.462. The third-order valence-electron chi connectivity index (χ3n) is 6.38. The number of likely N-dealkylation sites (N-methyl/N-ethyl adjacent to an activating group) is 1. The van der Waals surface area contributed by atoms with Crippen LogP contribution in [0.15, 0.2) is 35.9 Å². The third-order valence-corrected chi connectivity index (χ3v) is 6.38. The lowest BCUT2D eigenvalue weighted by Gasteiger charge is -2.37. The van der Waals surface area contributed by atoms with Crippen molar-refractivity contribution in [2.45, 2.75) is 65.0 Å². The second kappa shape index (κ2) is 10.8. The SMILES string of the molecule is CN(C(=O)[C@H](CCC1=CC(=O)c2ccccc2C1=O)NC(=O)C(C)(C)C)[C@@](C)(CCC(=O)O)C(=O)O. The molecule has 0 bridgehead atoms. The predicted octanol–water partition coefficient (Wildman–Crippen LogP) is 2.47. The van der Waals surface area contributed by atoms with Crippen molar-refractivity contribution in [3.63, 3.8) is 0 Å². The molecule has 10 nitrogen and oxygen atoms in total. The van der Waals surface area contributed by atoms with E-state index in [-0.39, 0.29) is 47.5 Å². The molecule has 2 rings (SSSR count). The smallest absolute Gasteiger partial charge is 0.329 e. The van der Waals surface area contributed by atoms with Crippen molar-refractivity contribution in [1.82, 2.24) is 10.2 Å². The number of carbonyl (C=O) groups excluding carboxylic acids is 4. The van der Waals surface area contributed by atoms with Crippen molar-refractivity contribution in [2.75, 3.05) is 7.05 Å². The number of benzene rings is 1. The zero-order valence-corrected chi connectivity index (χ0v) is 21.1. The minimum absolute atomic E-state index is 0.0213. The normalized spacial score (nSPS) is 15.8. The molecule has 2 atom stereocenters. The highest BCUT2D eigenvalue weighted by Crippen LogP contribution is 2.27. The number of nitrogens with one attached hydrogen (secondary N) is 1. The molecule has 0 saturated heterocycles. The number of amides is 2. The van der Waals surface area contributed by atoms with E-state index < -0.39 is 47.2 Å². The lowest BCUT2D eigenvalue weighted by Crippen LogP contribution is -2.59. The highest BCUT2D eigenvalue weighted by atomic mass is 16.4. The van der Waals surface area contributed by atoms with Gasteiger partial charge in [0.2, 0.25) is 11.8 Å². The molecule has 0 aliphatic heterocycles. The van der Waals surface area contributed by atoms with Gasteiger partial charge >= 0.3 is 11.9 Å². The summed E-state index contributed by atoms with van der Waals surface area (Å²) >= 11 is 0. The number of aliphatic carboxylic acids is 2. The maximum absolute atomic E-state index is 13.4. The predicted molar refractivity (Wildman–Crippen MR) is 129 cm³/mol. The molecular formula is C26H32N2O8. The Bertz CT molecular complexity index is 1130. The molecule has 0 fully saturated rings. The Hall–Kier alpha value is -3.82. The Balaban J connectivity index is 2.33. The van der Waals surface area contributed by atoms with Gasteiger partial charge in [0, 0.05) is 35.6 Å². The largest absolute Gasteiger partial charge is 0.481 e. The zero-order valence-electron chi connectivity index (χ0n) is 21.1. The lowest BCUT2D eigenvalue weighted by atomic mass is 9.86. The van der Waals surface area contributed by atoms with Gasteiger partial charge in [-0.3, -0.25) is 24.0 Å². The summed E-state index contributed by atoms with van der Waals surface area (Å²) in [6, 6.07) is 5.17. The first-order valence-electron chi connectivity index (χ1n) is 11.5. The van der Waals surface area contributed by atoms with Crippen molar-refractivity contribution in [2.24, 2.45) is 5.41 Å². The fourth-order valence-electron chi connectivity index (χ4n) is 3.73. The Morgan fingerprint density at radius 3 is 2.11 bits per heavy atom. The minimum atomic E-state index is -1.85. The molecule has 1 aromatic rings. The van der Waals surface area contributed by atoms with Gasteiger partial charge < -0.3 is 20.4 Å². The van der Waals surface area contributed by atoms with Gasteiger partial charge in [-0.25, -0.2) is 4.79 Å². The summed E-state index contributed by atoms with van der Waals surface area (Å²) in [5.41, 5.74) is -2.00. The Kier molecular flexibility index (Phi) is 8.56. The highest BCUT2D eigenvalue weighted by molar-refractivity contribution is 6.24. The molecule has 1 aliphatic carbocycles. The molecule has 0 spiro atoms. The lowest BCUT2D eigenvalue weighted by molar-refractivity contribution is -0.159. The van der Waals surface area contributed by atoms with E-state index in [0.29, 0.717) is 0 Å². The molecule has 10 heteroatoms. The maximum Gasteiger partial charge on any atom is 0.329 e. The molecule has 36 heavy (non-hydrogen) atoms. The van der Waals surface area contributed by atoms with E-state index in [0.717, 1.165) is 4.90 Å². The number of hydrogen-bond donors (Lipinski definition) is 3. The van der Waals surface area contributed by atoms with Crippen LogP contribution in [-0.2, 0) is 19.2 Å². The first kappa shape index (κ1) is 28.4. The average Bonchev–Trinajstić information content (AvgIpc) is 2.81. The molecule has 1 aliphatic rings. The molecule has 3 N–H and O–H groups in total.